The van der Waals surface area contributed by atoms with E-state index in [1.54, 1.807) is 0 Å². The van der Waals surface area contributed by atoms with Crippen LogP contribution in [-0.4, -0.2) is 49.2 Å². The van der Waals surface area contributed by atoms with Crippen molar-refractivity contribution in [2.75, 3.05) is 27.2 Å². The molecule has 1 heterocycles. The minimum absolute atomic E-state index is 0.182. The molecular formula is C13H26N4O. The van der Waals surface area contributed by atoms with Gasteiger partial charge in [-0.3, -0.25) is 0 Å². The van der Waals surface area contributed by atoms with Gasteiger partial charge in [-0.25, -0.2) is 0 Å². The van der Waals surface area contributed by atoms with Gasteiger partial charge in [0.1, 0.15) is 12.0 Å². The summed E-state index contributed by atoms with van der Waals surface area (Å²) in [6.07, 6.45) is 2.85. The monoisotopic (exact) mass is 254 g/mol. The highest BCUT2D eigenvalue weighted by Gasteiger charge is 2.22. The molecular weight excluding hydrogens is 228 g/mol. The van der Waals surface area contributed by atoms with Gasteiger partial charge in [-0.15, -0.1) is 0 Å². The minimum atomic E-state index is -0.182. The van der Waals surface area contributed by atoms with Gasteiger partial charge in [0, 0.05) is 20.6 Å². The molecule has 0 saturated heterocycles. The standard InChI is InChI=1S/C13H26N4O/c1-6-7-16(4)12-8-11(14)17(5)13(15-12)18-9-10(2)3/h8,10-11H,6-7,9,14H2,1-5H3. The van der Waals surface area contributed by atoms with E-state index in [2.05, 4.69) is 30.7 Å². The zero-order valence-corrected chi connectivity index (χ0v) is 12.2. The van der Waals surface area contributed by atoms with E-state index in [1.807, 2.05) is 25.1 Å². The molecule has 1 rings (SSSR count). The van der Waals surface area contributed by atoms with Crippen molar-refractivity contribution in [3.05, 3.63) is 11.9 Å². The van der Waals surface area contributed by atoms with Gasteiger partial charge in [-0.2, -0.15) is 4.99 Å². The Morgan fingerprint density at radius 3 is 2.78 bits per heavy atom. The summed E-state index contributed by atoms with van der Waals surface area (Å²) < 4.78 is 5.71. The molecule has 0 aliphatic carbocycles. The maximum absolute atomic E-state index is 6.06. The SMILES string of the molecule is CCCN(C)C1=CC(N)N(C)C(OCC(C)C)=N1. The summed E-state index contributed by atoms with van der Waals surface area (Å²) in [5.41, 5.74) is 6.06. The molecule has 1 unspecified atom stereocenters. The number of nitrogens with two attached hydrogens (primary N) is 1. The molecule has 1 aliphatic rings. The van der Waals surface area contributed by atoms with E-state index in [-0.39, 0.29) is 6.17 Å². The van der Waals surface area contributed by atoms with Crippen LogP contribution in [0.4, 0.5) is 0 Å². The van der Waals surface area contributed by atoms with Crippen LogP contribution >= 0.6 is 0 Å². The maximum Gasteiger partial charge on any atom is 0.295 e. The van der Waals surface area contributed by atoms with Gasteiger partial charge in [-0.1, -0.05) is 20.8 Å². The molecule has 0 aromatic carbocycles. The fraction of sp³-hybridized carbons (Fsp3) is 0.769. The van der Waals surface area contributed by atoms with Crippen LogP contribution in [0.25, 0.3) is 0 Å². The van der Waals surface area contributed by atoms with Crippen LogP contribution in [0.15, 0.2) is 16.9 Å². The van der Waals surface area contributed by atoms with Crippen LogP contribution < -0.4 is 5.73 Å². The van der Waals surface area contributed by atoms with Gasteiger partial charge in [0.2, 0.25) is 0 Å². The van der Waals surface area contributed by atoms with E-state index >= 15 is 0 Å². The van der Waals surface area contributed by atoms with E-state index in [0.717, 1.165) is 18.8 Å². The van der Waals surface area contributed by atoms with Crippen molar-refractivity contribution in [1.29, 1.82) is 0 Å². The molecule has 0 fully saturated rings. The molecule has 0 spiro atoms. The fourth-order valence-corrected chi connectivity index (χ4v) is 1.64. The van der Waals surface area contributed by atoms with E-state index in [0.29, 0.717) is 18.5 Å². The third-order valence-electron chi connectivity index (χ3n) is 2.77. The Kier molecular flexibility index (Phi) is 5.47. The van der Waals surface area contributed by atoms with Crippen LogP contribution in [-0.2, 0) is 4.74 Å². The zero-order valence-electron chi connectivity index (χ0n) is 12.2. The summed E-state index contributed by atoms with van der Waals surface area (Å²) in [5.74, 6) is 1.36. The summed E-state index contributed by atoms with van der Waals surface area (Å²) in [5, 5.41) is 0. The predicted molar refractivity (Wildman–Crippen MR) is 75.0 cm³/mol. The average Bonchev–Trinajstić information content (AvgIpc) is 2.31. The molecule has 2 N–H and O–H groups in total. The van der Waals surface area contributed by atoms with Crippen molar-refractivity contribution in [3.63, 3.8) is 0 Å². The average molecular weight is 254 g/mol. The van der Waals surface area contributed by atoms with Gasteiger partial charge in [0.15, 0.2) is 0 Å². The second-order valence-electron chi connectivity index (χ2n) is 5.15. The largest absolute Gasteiger partial charge is 0.465 e. The van der Waals surface area contributed by atoms with Crippen LogP contribution in [0.3, 0.4) is 0 Å². The first-order valence-corrected chi connectivity index (χ1v) is 6.58. The molecule has 5 heteroatoms. The highest BCUT2D eigenvalue weighted by atomic mass is 16.5. The molecule has 1 atom stereocenters. The summed E-state index contributed by atoms with van der Waals surface area (Å²) >= 11 is 0. The molecule has 0 saturated carbocycles. The van der Waals surface area contributed by atoms with Crippen LogP contribution in [0.5, 0.6) is 0 Å². The number of hydrogen-bond donors (Lipinski definition) is 1. The van der Waals surface area contributed by atoms with Gasteiger partial charge in [0.25, 0.3) is 6.02 Å². The van der Waals surface area contributed by atoms with Crippen molar-refractivity contribution in [1.82, 2.24) is 9.80 Å². The highest BCUT2D eigenvalue weighted by Crippen LogP contribution is 2.14. The number of hydrogen-bond acceptors (Lipinski definition) is 5. The van der Waals surface area contributed by atoms with E-state index < -0.39 is 0 Å². The van der Waals surface area contributed by atoms with Gasteiger partial charge in [0.05, 0.1) is 6.61 Å². The topological polar surface area (TPSA) is 54.1 Å². The first kappa shape index (κ1) is 14.8. The number of rotatable bonds is 5. The lowest BCUT2D eigenvalue weighted by atomic mass is 10.2. The second-order valence-corrected chi connectivity index (χ2v) is 5.15. The number of ether oxygens (including phenoxy) is 1. The molecule has 0 aromatic heterocycles. The molecule has 1 aliphatic heterocycles. The Morgan fingerprint density at radius 2 is 2.22 bits per heavy atom. The smallest absolute Gasteiger partial charge is 0.295 e. The predicted octanol–water partition coefficient (Wildman–Crippen LogP) is 1.43. The van der Waals surface area contributed by atoms with Gasteiger partial charge in [-0.05, 0) is 18.4 Å². The summed E-state index contributed by atoms with van der Waals surface area (Å²) in [6.45, 7) is 7.99. The van der Waals surface area contributed by atoms with Crippen molar-refractivity contribution >= 4 is 6.02 Å². The summed E-state index contributed by atoms with van der Waals surface area (Å²) in [6, 6.07) is 0.608. The van der Waals surface area contributed by atoms with Crippen molar-refractivity contribution in [3.8, 4) is 0 Å². The van der Waals surface area contributed by atoms with Crippen LogP contribution in [0, 0.1) is 5.92 Å². The normalized spacial score (nSPS) is 19.7. The quantitative estimate of drug-likeness (QED) is 0.806. The Labute approximate surface area is 110 Å². The molecule has 0 amide bonds. The van der Waals surface area contributed by atoms with E-state index in [4.69, 9.17) is 10.5 Å². The zero-order chi connectivity index (χ0) is 13.7. The van der Waals surface area contributed by atoms with Crippen molar-refractivity contribution < 1.29 is 4.74 Å². The maximum atomic E-state index is 6.06. The van der Waals surface area contributed by atoms with Crippen LogP contribution in [0.1, 0.15) is 27.2 Å². The summed E-state index contributed by atoms with van der Waals surface area (Å²) in [4.78, 5) is 8.49. The Bertz CT molecular complexity index is 325. The van der Waals surface area contributed by atoms with Gasteiger partial charge >= 0.3 is 0 Å². The Hall–Kier alpha value is -1.23. The van der Waals surface area contributed by atoms with E-state index in [1.165, 1.54) is 0 Å². The first-order valence-electron chi connectivity index (χ1n) is 6.58. The lowest BCUT2D eigenvalue weighted by Crippen LogP contribution is -2.46. The van der Waals surface area contributed by atoms with Crippen molar-refractivity contribution in [2.45, 2.75) is 33.4 Å². The Balaban J connectivity index is 2.76. The fourth-order valence-electron chi connectivity index (χ4n) is 1.64. The number of aliphatic imine (C=N–C) groups is 1. The third-order valence-corrected chi connectivity index (χ3v) is 2.77. The lowest BCUT2D eigenvalue weighted by Gasteiger charge is -2.32. The molecule has 104 valence electrons. The van der Waals surface area contributed by atoms with Crippen molar-refractivity contribution in [2.24, 2.45) is 16.6 Å². The molecule has 18 heavy (non-hydrogen) atoms. The number of likely N-dealkylation sites (N-methyl/N-ethyl adjacent to an activating group) is 1. The van der Waals surface area contributed by atoms with E-state index in [9.17, 15) is 0 Å². The Morgan fingerprint density at radius 1 is 1.56 bits per heavy atom. The molecule has 5 nitrogen and oxygen atoms in total. The number of nitrogens with zero attached hydrogens (tertiary/aromatic N) is 3. The summed E-state index contributed by atoms with van der Waals surface area (Å²) in [7, 11) is 3.92. The highest BCUT2D eigenvalue weighted by molar-refractivity contribution is 5.76. The lowest BCUT2D eigenvalue weighted by molar-refractivity contribution is 0.197. The number of amidine groups is 1. The van der Waals surface area contributed by atoms with Gasteiger partial charge < -0.3 is 20.3 Å². The van der Waals surface area contributed by atoms with Crippen LogP contribution in [0.2, 0.25) is 0 Å². The molecule has 0 radical (unpaired) electrons. The second kappa shape index (κ2) is 6.64. The molecule has 0 aromatic rings. The molecule has 0 bridgehead atoms. The third kappa shape index (κ3) is 3.91. The first-order chi connectivity index (χ1) is 8.45. The minimum Gasteiger partial charge on any atom is -0.465 e.